The summed E-state index contributed by atoms with van der Waals surface area (Å²) in [5.74, 6) is 1.41. The molecular formula is C25H30N2O4. The van der Waals surface area contributed by atoms with Crippen LogP contribution < -0.4 is 9.47 Å². The van der Waals surface area contributed by atoms with Crippen molar-refractivity contribution in [1.29, 1.82) is 0 Å². The van der Waals surface area contributed by atoms with Gasteiger partial charge in [-0.05, 0) is 54.5 Å². The predicted molar refractivity (Wildman–Crippen MR) is 121 cm³/mol. The van der Waals surface area contributed by atoms with Crippen molar-refractivity contribution >= 4 is 18.1 Å². The number of likely N-dealkylation sites (tertiary alicyclic amines) is 1. The number of rotatable bonds is 6. The zero-order valence-corrected chi connectivity index (χ0v) is 18.4. The molecule has 1 saturated heterocycles. The van der Waals surface area contributed by atoms with Gasteiger partial charge in [0.2, 0.25) is 5.91 Å². The quantitative estimate of drug-likeness (QED) is 0.653. The van der Waals surface area contributed by atoms with E-state index in [1.54, 1.807) is 44.4 Å². The standard InChI is InChI=1S/C25H30N2O4/c1-26(2)25(29)31-22-11-9-20(18-23(22)30-3)10-12-24(28)27-15-13-21(14-16-27)17-19-7-5-4-6-8-19/h4-12,18,21H,13-17H2,1-3H3/b12-10+. The van der Waals surface area contributed by atoms with Gasteiger partial charge in [0.05, 0.1) is 7.11 Å². The molecule has 6 heteroatoms. The molecule has 1 aliphatic rings. The maximum Gasteiger partial charge on any atom is 0.414 e. The summed E-state index contributed by atoms with van der Waals surface area (Å²) in [5.41, 5.74) is 2.16. The van der Waals surface area contributed by atoms with Crippen LogP contribution >= 0.6 is 0 Å². The average molecular weight is 423 g/mol. The van der Waals surface area contributed by atoms with Crippen LogP contribution in [-0.2, 0) is 11.2 Å². The Hall–Kier alpha value is -3.28. The minimum atomic E-state index is -0.479. The third-order valence-electron chi connectivity index (χ3n) is 5.46. The van der Waals surface area contributed by atoms with E-state index in [4.69, 9.17) is 9.47 Å². The van der Waals surface area contributed by atoms with Crippen molar-refractivity contribution in [1.82, 2.24) is 9.80 Å². The second kappa shape index (κ2) is 10.7. The lowest BCUT2D eigenvalue weighted by Crippen LogP contribution is -2.37. The zero-order chi connectivity index (χ0) is 22.2. The molecule has 1 aliphatic heterocycles. The molecule has 0 aromatic heterocycles. The van der Waals surface area contributed by atoms with Crippen LogP contribution in [0.5, 0.6) is 11.5 Å². The molecule has 0 atom stereocenters. The monoisotopic (exact) mass is 422 g/mol. The lowest BCUT2D eigenvalue weighted by molar-refractivity contribution is -0.127. The SMILES string of the molecule is COc1cc(/C=C/C(=O)N2CCC(Cc3ccccc3)CC2)ccc1OC(=O)N(C)C. The van der Waals surface area contributed by atoms with Crippen LogP contribution in [0.15, 0.2) is 54.6 Å². The van der Waals surface area contributed by atoms with Gasteiger partial charge in [0.25, 0.3) is 0 Å². The van der Waals surface area contributed by atoms with Gasteiger partial charge in [-0.1, -0.05) is 36.4 Å². The number of amides is 2. The zero-order valence-electron chi connectivity index (χ0n) is 18.4. The van der Waals surface area contributed by atoms with Crippen LogP contribution in [0.25, 0.3) is 6.08 Å². The Labute approximate surface area is 184 Å². The Kier molecular flexibility index (Phi) is 7.70. The van der Waals surface area contributed by atoms with Crippen molar-refractivity contribution in [3.8, 4) is 11.5 Å². The fraction of sp³-hybridized carbons (Fsp3) is 0.360. The summed E-state index contributed by atoms with van der Waals surface area (Å²) in [7, 11) is 4.74. The van der Waals surface area contributed by atoms with Crippen molar-refractivity contribution in [2.24, 2.45) is 5.92 Å². The van der Waals surface area contributed by atoms with E-state index in [0.29, 0.717) is 17.4 Å². The minimum absolute atomic E-state index is 0.0141. The Bertz CT molecular complexity index is 916. The maximum atomic E-state index is 12.6. The molecule has 3 rings (SSSR count). The molecule has 6 nitrogen and oxygen atoms in total. The van der Waals surface area contributed by atoms with E-state index in [1.165, 1.54) is 17.6 Å². The average Bonchev–Trinajstić information content (AvgIpc) is 2.79. The highest BCUT2D eigenvalue weighted by molar-refractivity contribution is 5.92. The van der Waals surface area contributed by atoms with Crippen LogP contribution in [-0.4, -0.2) is 56.1 Å². The first kappa shape index (κ1) is 22.4. The van der Waals surface area contributed by atoms with Crippen molar-refractivity contribution in [2.75, 3.05) is 34.3 Å². The lowest BCUT2D eigenvalue weighted by atomic mass is 9.90. The number of hydrogen-bond donors (Lipinski definition) is 0. The van der Waals surface area contributed by atoms with E-state index < -0.39 is 6.09 Å². The Morgan fingerprint density at radius 2 is 1.77 bits per heavy atom. The van der Waals surface area contributed by atoms with Gasteiger partial charge in [-0.15, -0.1) is 0 Å². The first-order valence-corrected chi connectivity index (χ1v) is 10.5. The van der Waals surface area contributed by atoms with Crippen molar-refractivity contribution in [3.63, 3.8) is 0 Å². The molecule has 0 saturated carbocycles. The van der Waals surface area contributed by atoms with Gasteiger partial charge in [0.15, 0.2) is 11.5 Å². The molecule has 1 fully saturated rings. The largest absolute Gasteiger partial charge is 0.493 e. The molecule has 1 heterocycles. The summed E-state index contributed by atoms with van der Waals surface area (Å²) < 4.78 is 10.6. The number of carbonyl (C=O) groups is 2. The Balaban J connectivity index is 1.54. The third kappa shape index (κ3) is 6.35. The van der Waals surface area contributed by atoms with Crippen LogP contribution in [0.2, 0.25) is 0 Å². The van der Waals surface area contributed by atoms with Gasteiger partial charge in [0, 0.05) is 33.3 Å². The van der Waals surface area contributed by atoms with Gasteiger partial charge in [-0.25, -0.2) is 4.79 Å². The fourth-order valence-electron chi connectivity index (χ4n) is 3.64. The van der Waals surface area contributed by atoms with Crippen molar-refractivity contribution in [3.05, 3.63) is 65.7 Å². The summed E-state index contributed by atoms with van der Waals surface area (Å²) in [4.78, 5) is 27.6. The molecular weight excluding hydrogens is 392 g/mol. The third-order valence-corrected chi connectivity index (χ3v) is 5.46. The number of piperidine rings is 1. The van der Waals surface area contributed by atoms with E-state index in [-0.39, 0.29) is 5.91 Å². The van der Waals surface area contributed by atoms with Crippen LogP contribution in [0.4, 0.5) is 4.79 Å². The normalized spacial score (nSPS) is 14.5. The second-order valence-corrected chi connectivity index (χ2v) is 7.96. The molecule has 0 radical (unpaired) electrons. The highest BCUT2D eigenvalue weighted by Gasteiger charge is 2.21. The number of nitrogens with zero attached hydrogens (tertiary/aromatic N) is 2. The molecule has 31 heavy (non-hydrogen) atoms. The van der Waals surface area contributed by atoms with Crippen LogP contribution in [0.1, 0.15) is 24.0 Å². The summed E-state index contributed by atoms with van der Waals surface area (Å²) in [5, 5.41) is 0. The van der Waals surface area contributed by atoms with Gasteiger partial charge in [-0.2, -0.15) is 0 Å². The molecule has 0 unspecified atom stereocenters. The molecule has 2 amide bonds. The van der Waals surface area contributed by atoms with Gasteiger partial charge in [0.1, 0.15) is 0 Å². The Morgan fingerprint density at radius 3 is 2.42 bits per heavy atom. The van der Waals surface area contributed by atoms with E-state index in [9.17, 15) is 9.59 Å². The highest BCUT2D eigenvalue weighted by atomic mass is 16.6. The maximum absolute atomic E-state index is 12.6. The first-order chi connectivity index (χ1) is 15.0. The summed E-state index contributed by atoms with van der Waals surface area (Å²) in [6.45, 7) is 1.56. The van der Waals surface area contributed by atoms with Crippen molar-refractivity contribution in [2.45, 2.75) is 19.3 Å². The molecule has 0 N–H and O–H groups in total. The van der Waals surface area contributed by atoms with Gasteiger partial charge < -0.3 is 19.3 Å². The molecule has 0 aliphatic carbocycles. The smallest absolute Gasteiger partial charge is 0.414 e. The van der Waals surface area contributed by atoms with E-state index in [1.807, 2.05) is 11.0 Å². The first-order valence-electron chi connectivity index (χ1n) is 10.5. The Morgan fingerprint density at radius 1 is 1.06 bits per heavy atom. The number of methoxy groups -OCH3 is 1. The van der Waals surface area contributed by atoms with E-state index in [2.05, 4.69) is 24.3 Å². The summed E-state index contributed by atoms with van der Waals surface area (Å²) >= 11 is 0. The summed E-state index contributed by atoms with van der Waals surface area (Å²) in [6, 6.07) is 15.7. The molecule has 2 aromatic rings. The van der Waals surface area contributed by atoms with E-state index in [0.717, 1.165) is 37.9 Å². The topological polar surface area (TPSA) is 59.1 Å². The predicted octanol–water partition coefficient (Wildman–Crippen LogP) is 4.25. The van der Waals surface area contributed by atoms with E-state index >= 15 is 0 Å². The van der Waals surface area contributed by atoms with Crippen molar-refractivity contribution < 1.29 is 19.1 Å². The minimum Gasteiger partial charge on any atom is -0.493 e. The lowest BCUT2D eigenvalue weighted by Gasteiger charge is -2.31. The molecule has 164 valence electrons. The van der Waals surface area contributed by atoms with Gasteiger partial charge in [-0.3, -0.25) is 4.79 Å². The number of hydrogen-bond acceptors (Lipinski definition) is 4. The number of benzene rings is 2. The second-order valence-electron chi connectivity index (χ2n) is 7.96. The number of carbonyl (C=O) groups excluding carboxylic acids is 2. The number of ether oxygens (including phenoxy) is 2. The fourth-order valence-corrected chi connectivity index (χ4v) is 3.64. The molecule has 0 spiro atoms. The molecule has 0 bridgehead atoms. The van der Waals surface area contributed by atoms with Crippen LogP contribution in [0, 0.1) is 5.92 Å². The highest BCUT2D eigenvalue weighted by Crippen LogP contribution is 2.29. The van der Waals surface area contributed by atoms with Gasteiger partial charge >= 0.3 is 6.09 Å². The molecule has 2 aromatic carbocycles. The summed E-state index contributed by atoms with van der Waals surface area (Å²) in [6.07, 6.45) is 5.99. The van der Waals surface area contributed by atoms with Crippen LogP contribution in [0.3, 0.4) is 0 Å².